The molecule has 0 aromatic carbocycles. The van der Waals surface area contributed by atoms with E-state index in [1.807, 2.05) is 0 Å². The molecule has 0 aromatic heterocycles. The molecule has 0 spiro atoms. The van der Waals surface area contributed by atoms with Gasteiger partial charge in [-0.15, -0.1) is 0 Å². The molecule has 0 bridgehead atoms. The Hall–Kier alpha value is -0.608. The maximum Gasteiger partial charge on any atom is 0.790 e. The van der Waals surface area contributed by atoms with Crippen LogP contribution in [0.3, 0.4) is 0 Å². The fourth-order valence-electron chi connectivity index (χ4n) is 0.343. The van der Waals surface area contributed by atoms with E-state index in [0.717, 1.165) is 0 Å². The van der Waals surface area contributed by atoms with Gasteiger partial charge >= 0.3 is 22.5 Å². The Morgan fingerprint density at radius 2 is 1.90 bits per heavy atom. The maximum atomic E-state index is 9.84. The van der Waals surface area contributed by atoms with E-state index in [2.05, 4.69) is 13.7 Å². The molecule has 56 valence electrons. The molecular formula is CH3BO7Si. The largest absolute Gasteiger partial charge is 0.790 e. The fraction of sp³-hybridized carbons (Fsp3) is 0. The number of carbonyl (C=O) groups excluding carboxylic acids is 1. The van der Waals surface area contributed by atoms with E-state index >= 15 is 0 Å². The van der Waals surface area contributed by atoms with Gasteiger partial charge in [-0.1, -0.05) is 0 Å². The predicted octanol–water partition coefficient (Wildman–Crippen LogP) is -2.43. The first-order valence-corrected chi connectivity index (χ1v) is 3.94. The van der Waals surface area contributed by atoms with Crippen molar-refractivity contribution in [1.29, 1.82) is 0 Å². The molecule has 0 radical (unpaired) electrons. The number of carbonyl (C=O) groups is 1. The molecule has 1 heterocycles. The van der Waals surface area contributed by atoms with Crippen LogP contribution in [0.2, 0.25) is 0 Å². The van der Waals surface area contributed by atoms with Crippen molar-refractivity contribution in [2.24, 2.45) is 0 Å². The molecule has 0 atom stereocenters. The van der Waals surface area contributed by atoms with Gasteiger partial charge in [0.2, 0.25) is 0 Å². The van der Waals surface area contributed by atoms with Gasteiger partial charge in [0.25, 0.3) is 0 Å². The third-order valence-corrected chi connectivity index (χ3v) is 1.15. The van der Waals surface area contributed by atoms with Crippen LogP contribution in [0.4, 0.5) is 4.79 Å². The van der Waals surface area contributed by atoms with Crippen molar-refractivity contribution in [2.75, 3.05) is 0 Å². The van der Waals surface area contributed by atoms with Crippen LogP contribution in [0, 0.1) is 0 Å². The van der Waals surface area contributed by atoms with Crippen molar-refractivity contribution in [3.05, 3.63) is 0 Å². The van der Waals surface area contributed by atoms with E-state index in [0.29, 0.717) is 0 Å². The molecule has 0 aromatic rings. The van der Waals surface area contributed by atoms with Gasteiger partial charge in [0.05, 0.1) is 0 Å². The molecule has 0 aliphatic carbocycles. The molecule has 0 unspecified atom stereocenters. The normalized spacial score (nSPS) is 17.5. The monoisotopic (exact) mass is 166 g/mol. The highest BCUT2D eigenvalue weighted by Gasteiger charge is 2.51. The summed E-state index contributed by atoms with van der Waals surface area (Å²) in [6, 6.07) is 0. The number of rotatable bonds is 2. The zero-order valence-electron chi connectivity index (χ0n) is 4.55. The maximum absolute atomic E-state index is 9.84. The summed E-state index contributed by atoms with van der Waals surface area (Å²) >= 11 is 0. The van der Waals surface area contributed by atoms with Gasteiger partial charge < -0.3 is 28.0 Å². The molecule has 1 saturated heterocycles. The number of hydrogen-bond donors (Lipinski definition) is 3. The minimum atomic E-state index is -4.62. The SMILES string of the molecule is O=C1OB(O[Si](O)(O)O)O1. The van der Waals surface area contributed by atoms with E-state index in [-0.39, 0.29) is 0 Å². The highest BCUT2D eigenvalue weighted by atomic mass is 28.4. The first kappa shape index (κ1) is 7.50. The van der Waals surface area contributed by atoms with E-state index in [1.54, 1.807) is 0 Å². The van der Waals surface area contributed by atoms with Crippen LogP contribution in [0.25, 0.3) is 0 Å². The lowest BCUT2D eigenvalue weighted by molar-refractivity contribution is 0.0271. The van der Waals surface area contributed by atoms with E-state index in [1.165, 1.54) is 0 Å². The average Bonchev–Trinajstić information content (AvgIpc) is 1.57. The van der Waals surface area contributed by atoms with Crippen LogP contribution in [0.15, 0.2) is 0 Å². The Balaban J connectivity index is 2.22. The molecule has 1 aliphatic rings. The second-order valence-electron chi connectivity index (χ2n) is 1.47. The van der Waals surface area contributed by atoms with Crippen molar-refractivity contribution >= 4 is 22.5 Å². The smallest absolute Gasteiger partial charge is 0.442 e. The second-order valence-corrected chi connectivity index (χ2v) is 2.85. The van der Waals surface area contributed by atoms with Gasteiger partial charge in [-0.2, -0.15) is 0 Å². The topological polar surface area (TPSA) is 105 Å². The third kappa shape index (κ3) is 1.97. The Morgan fingerprint density at radius 1 is 1.40 bits per heavy atom. The minimum absolute atomic E-state index is 0.983. The summed E-state index contributed by atoms with van der Waals surface area (Å²) in [5, 5.41) is 0. The zero-order valence-corrected chi connectivity index (χ0v) is 5.55. The predicted molar refractivity (Wildman–Crippen MR) is 26.8 cm³/mol. The van der Waals surface area contributed by atoms with Crippen LogP contribution in [0.5, 0.6) is 0 Å². The van der Waals surface area contributed by atoms with Crippen LogP contribution in [-0.2, 0) is 13.7 Å². The second kappa shape index (κ2) is 2.21. The van der Waals surface area contributed by atoms with E-state index < -0.39 is 22.5 Å². The molecule has 9 heteroatoms. The lowest BCUT2D eigenvalue weighted by atomic mass is 10.2. The molecule has 0 saturated carbocycles. The molecule has 1 aliphatic heterocycles. The average molecular weight is 166 g/mol. The van der Waals surface area contributed by atoms with Gasteiger partial charge in [-0.25, -0.2) is 4.79 Å². The molecule has 1 rings (SSSR count). The lowest BCUT2D eigenvalue weighted by Crippen LogP contribution is -2.53. The molecule has 0 amide bonds. The van der Waals surface area contributed by atoms with Crippen molar-refractivity contribution < 1.29 is 32.8 Å². The summed E-state index contributed by atoms with van der Waals surface area (Å²) in [6.07, 6.45) is -0.983. The standard InChI is InChI=1S/CH3BO7Si/c3-1-7-2(8-1)9-10(4,5)6/h4-6H. The van der Waals surface area contributed by atoms with Crippen LogP contribution in [0.1, 0.15) is 0 Å². The molecule has 1 fully saturated rings. The summed E-state index contributed by atoms with van der Waals surface area (Å²) in [7, 11) is -6.11. The first-order chi connectivity index (χ1) is 4.47. The van der Waals surface area contributed by atoms with E-state index in [4.69, 9.17) is 14.4 Å². The fourth-order valence-corrected chi connectivity index (χ4v) is 0.698. The van der Waals surface area contributed by atoms with Crippen molar-refractivity contribution in [2.45, 2.75) is 0 Å². The summed E-state index contributed by atoms with van der Waals surface area (Å²) in [4.78, 5) is 34.4. The first-order valence-electron chi connectivity index (χ1n) is 2.19. The third-order valence-electron chi connectivity index (χ3n) is 0.639. The van der Waals surface area contributed by atoms with Crippen molar-refractivity contribution in [3.8, 4) is 0 Å². The summed E-state index contributed by atoms with van der Waals surface area (Å²) in [5.41, 5.74) is 0. The molecule has 10 heavy (non-hydrogen) atoms. The Morgan fingerprint density at radius 3 is 2.20 bits per heavy atom. The summed E-state index contributed by atoms with van der Waals surface area (Å²) in [6.45, 7) is 0. The highest BCUT2D eigenvalue weighted by molar-refractivity contribution is 6.62. The van der Waals surface area contributed by atoms with Gasteiger partial charge in [0.15, 0.2) is 0 Å². The van der Waals surface area contributed by atoms with Crippen LogP contribution < -0.4 is 0 Å². The Kier molecular flexibility index (Phi) is 1.66. The molecular weight excluding hydrogens is 163 g/mol. The van der Waals surface area contributed by atoms with Crippen LogP contribution >= 0.6 is 0 Å². The highest BCUT2D eigenvalue weighted by Crippen LogP contribution is 2.09. The van der Waals surface area contributed by atoms with E-state index in [9.17, 15) is 4.79 Å². The van der Waals surface area contributed by atoms with Gasteiger partial charge in [-0.3, -0.25) is 0 Å². The Bertz CT molecular complexity index is 142. The van der Waals surface area contributed by atoms with Crippen molar-refractivity contribution in [3.63, 3.8) is 0 Å². The van der Waals surface area contributed by atoms with Gasteiger partial charge in [0, 0.05) is 0 Å². The van der Waals surface area contributed by atoms with Crippen LogP contribution in [-0.4, -0.2) is 36.9 Å². The molecule has 3 N–H and O–H groups in total. The quantitative estimate of drug-likeness (QED) is 0.391. The van der Waals surface area contributed by atoms with Crippen molar-refractivity contribution in [1.82, 2.24) is 0 Å². The van der Waals surface area contributed by atoms with Gasteiger partial charge in [0.1, 0.15) is 0 Å². The summed E-state index contributed by atoms with van der Waals surface area (Å²) < 4.78 is 11.9. The lowest BCUT2D eigenvalue weighted by Gasteiger charge is -2.22. The molecule has 7 nitrogen and oxygen atoms in total. The zero-order chi connectivity index (χ0) is 7.78. The summed E-state index contributed by atoms with van der Waals surface area (Å²) in [5.74, 6) is 0. The van der Waals surface area contributed by atoms with Gasteiger partial charge in [-0.05, 0) is 0 Å². The Labute approximate surface area is 56.4 Å². The number of hydrogen-bond acceptors (Lipinski definition) is 7. The minimum Gasteiger partial charge on any atom is -0.442 e.